The third-order valence-electron chi connectivity index (χ3n) is 4.99. The minimum Gasteiger partial charge on any atom is -0.379 e. The van der Waals surface area contributed by atoms with Gasteiger partial charge in [-0.15, -0.1) is 24.0 Å². The molecule has 0 spiro atoms. The van der Waals surface area contributed by atoms with Gasteiger partial charge in [-0.25, -0.2) is 0 Å². The van der Waals surface area contributed by atoms with E-state index in [2.05, 4.69) is 65.6 Å². The van der Waals surface area contributed by atoms with Crippen LogP contribution in [0.2, 0.25) is 0 Å². The fraction of sp³-hybridized carbons (Fsp3) is 0.667. The summed E-state index contributed by atoms with van der Waals surface area (Å²) in [5.74, 6) is 0.794. The van der Waals surface area contributed by atoms with E-state index >= 15 is 0 Å². The summed E-state index contributed by atoms with van der Waals surface area (Å²) in [5, 5.41) is 6.82. The van der Waals surface area contributed by atoms with Crippen LogP contribution in [0.25, 0.3) is 0 Å². The summed E-state index contributed by atoms with van der Waals surface area (Å²) in [4.78, 5) is 6.80. The SMILES string of the molecule is CN=C(NCc1ccccc1CN1CCOCC1)NCC(OC)C(C)(C)C.I. The van der Waals surface area contributed by atoms with E-state index in [4.69, 9.17) is 9.47 Å². The molecule has 0 radical (unpaired) electrons. The third-order valence-corrected chi connectivity index (χ3v) is 4.99. The van der Waals surface area contributed by atoms with E-state index in [0.717, 1.165) is 51.9 Å². The number of methoxy groups -OCH3 is 1. The Morgan fingerprint density at radius 3 is 2.39 bits per heavy atom. The number of halogens is 1. The molecule has 0 amide bonds. The summed E-state index contributed by atoms with van der Waals surface area (Å²) in [5.41, 5.74) is 2.73. The molecule has 0 saturated carbocycles. The van der Waals surface area contributed by atoms with E-state index in [1.165, 1.54) is 11.1 Å². The molecule has 2 rings (SSSR count). The van der Waals surface area contributed by atoms with E-state index in [0.29, 0.717) is 0 Å². The van der Waals surface area contributed by atoms with Gasteiger partial charge in [0, 0.05) is 46.9 Å². The van der Waals surface area contributed by atoms with E-state index in [-0.39, 0.29) is 35.5 Å². The number of rotatable bonds is 7. The molecule has 1 aromatic rings. The van der Waals surface area contributed by atoms with Crippen molar-refractivity contribution in [3.63, 3.8) is 0 Å². The van der Waals surface area contributed by atoms with Crippen LogP contribution < -0.4 is 10.6 Å². The number of nitrogens with one attached hydrogen (secondary N) is 2. The van der Waals surface area contributed by atoms with Crippen molar-refractivity contribution in [3.05, 3.63) is 35.4 Å². The fourth-order valence-electron chi connectivity index (χ4n) is 3.22. The van der Waals surface area contributed by atoms with Crippen molar-refractivity contribution in [2.75, 3.05) is 47.0 Å². The molecule has 0 bridgehead atoms. The molecule has 0 aromatic heterocycles. The highest BCUT2D eigenvalue weighted by molar-refractivity contribution is 14.0. The van der Waals surface area contributed by atoms with Crippen molar-refractivity contribution in [1.29, 1.82) is 0 Å². The Balaban J connectivity index is 0.00000392. The minimum atomic E-state index is 0. The number of hydrogen-bond donors (Lipinski definition) is 2. The quantitative estimate of drug-likeness (QED) is 0.340. The van der Waals surface area contributed by atoms with E-state index in [1.807, 2.05) is 0 Å². The highest BCUT2D eigenvalue weighted by atomic mass is 127. The van der Waals surface area contributed by atoms with E-state index in [9.17, 15) is 0 Å². The maximum Gasteiger partial charge on any atom is 0.191 e. The van der Waals surface area contributed by atoms with Crippen molar-refractivity contribution in [2.24, 2.45) is 10.4 Å². The van der Waals surface area contributed by atoms with Crippen LogP contribution in [0, 0.1) is 5.41 Å². The maximum absolute atomic E-state index is 5.62. The summed E-state index contributed by atoms with van der Waals surface area (Å²) >= 11 is 0. The number of benzene rings is 1. The molecular weight excluding hydrogens is 467 g/mol. The molecule has 1 aromatic carbocycles. The second-order valence-corrected chi connectivity index (χ2v) is 8.05. The number of aliphatic imine (C=N–C) groups is 1. The predicted molar refractivity (Wildman–Crippen MR) is 126 cm³/mol. The van der Waals surface area contributed by atoms with Gasteiger partial charge in [-0.1, -0.05) is 45.0 Å². The summed E-state index contributed by atoms with van der Waals surface area (Å²) < 4.78 is 11.1. The minimum absolute atomic E-state index is 0. The molecule has 1 fully saturated rings. The van der Waals surface area contributed by atoms with Crippen LogP contribution in [0.4, 0.5) is 0 Å². The van der Waals surface area contributed by atoms with Gasteiger partial charge in [0.15, 0.2) is 5.96 Å². The first kappa shape index (κ1) is 25.1. The summed E-state index contributed by atoms with van der Waals surface area (Å²) in [6.45, 7) is 12.6. The first-order valence-electron chi connectivity index (χ1n) is 9.78. The fourth-order valence-corrected chi connectivity index (χ4v) is 3.22. The zero-order chi connectivity index (χ0) is 19.7. The first-order valence-corrected chi connectivity index (χ1v) is 9.78. The molecule has 7 heteroatoms. The van der Waals surface area contributed by atoms with Gasteiger partial charge in [-0.3, -0.25) is 9.89 Å². The number of ether oxygens (including phenoxy) is 2. The van der Waals surface area contributed by atoms with Gasteiger partial charge in [-0.2, -0.15) is 0 Å². The lowest BCUT2D eigenvalue weighted by molar-refractivity contribution is 0.0205. The van der Waals surface area contributed by atoms with E-state index in [1.54, 1.807) is 14.2 Å². The van der Waals surface area contributed by atoms with Crippen molar-refractivity contribution in [2.45, 2.75) is 40.0 Å². The van der Waals surface area contributed by atoms with Crippen LogP contribution in [0.3, 0.4) is 0 Å². The molecule has 1 saturated heterocycles. The Bertz CT molecular complexity index is 598. The number of nitrogens with zero attached hydrogens (tertiary/aromatic N) is 2. The van der Waals surface area contributed by atoms with Gasteiger partial charge in [0.05, 0.1) is 19.3 Å². The van der Waals surface area contributed by atoms with Gasteiger partial charge >= 0.3 is 0 Å². The van der Waals surface area contributed by atoms with Crippen LogP contribution in [0.1, 0.15) is 31.9 Å². The van der Waals surface area contributed by atoms with Crippen LogP contribution >= 0.6 is 24.0 Å². The second kappa shape index (κ2) is 12.6. The topological polar surface area (TPSA) is 58.1 Å². The average Bonchev–Trinajstić information content (AvgIpc) is 2.65. The molecule has 1 unspecified atom stereocenters. The lowest BCUT2D eigenvalue weighted by atomic mass is 9.89. The van der Waals surface area contributed by atoms with Crippen molar-refractivity contribution >= 4 is 29.9 Å². The van der Waals surface area contributed by atoms with Gasteiger partial charge < -0.3 is 20.1 Å². The first-order chi connectivity index (χ1) is 12.9. The van der Waals surface area contributed by atoms with Gasteiger partial charge in [-0.05, 0) is 16.5 Å². The Labute approximate surface area is 187 Å². The maximum atomic E-state index is 5.62. The van der Waals surface area contributed by atoms with Crippen LogP contribution in [0.15, 0.2) is 29.3 Å². The molecular formula is C21H37IN4O2. The zero-order valence-corrected chi connectivity index (χ0v) is 20.3. The number of morpholine rings is 1. The van der Waals surface area contributed by atoms with Crippen molar-refractivity contribution < 1.29 is 9.47 Å². The van der Waals surface area contributed by atoms with Gasteiger partial charge in [0.1, 0.15) is 0 Å². The summed E-state index contributed by atoms with van der Waals surface area (Å²) in [6, 6.07) is 8.60. The zero-order valence-electron chi connectivity index (χ0n) is 18.0. The van der Waals surface area contributed by atoms with Crippen LogP contribution in [-0.2, 0) is 22.6 Å². The standard InChI is InChI=1S/C21H36N4O2.HI/c1-21(2,3)19(26-5)15-24-20(22-4)23-14-17-8-6-7-9-18(17)16-25-10-12-27-13-11-25;/h6-9,19H,10-16H2,1-5H3,(H2,22,23,24);1H. The molecule has 1 atom stereocenters. The number of hydrogen-bond acceptors (Lipinski definition) is 4. The molecule has 28 heavy (non-hydrogen) atoms. The summed E-state index contributed by atoms with van der Waals surface area (Å²) in [7, 11) is 3.56. The van der Waals surface area contributed by atoms with Gasteiger partial charge in [0.25, 0.3) is 0 Å². The molecule has 6 nitrogen and oxygen atoms in total. The Morgan fingerprint density at radius 2 is 1.82 bits per heavy atom. The van der Waals surface area contributed by atoms with Crippen LogP contribution in [0.5, 0.6) is 0 Å². The normalized spacial score (nSPS) is 17.0. The summed E-state index contributed by atoms with van der Waals surface area (Å²) in [6.07, 6.45) is 0.115. The van der Waals surface area contributed by atoms with Gasteiger partial charge in [0.2, 0.25) is 0 Å². The lowest BCUT2D eigenvalue weighted by Crippen LogP contribution is -2.45. The third kappa shape index (κ3) is 8.23. The molecule has 1 heterocycles. The average molecular weight is 504 g/mol. The molecule has 2 N–H and O–H groups in total. The Morgan fingerprint density at radius 1 is 1.18 bits per heavy atom. The number of guanidine groups is 1. The Hall–Kier alpha value is -0.900. The predicted octanol–water partition coefficient (Wildman–Crippen LogP) is 2.86. The molecule has 160 valence electrons. The second-order valence-electron chi connectivity index (χ2n) is 8.05. The monoisotopic (exact) mass is 504 g/mol. The highest BCUT2D eigenvalue weighted by Gasteiger charge is 2.24. The largest absolute Gasteiger partial charge is 0.379 e. The molecule has 1 aliphatic rings. The Kier molecular flexibility index (Phi) is 11.3. The highest BCUT2D eigenvalue weighted by Crippen LogP contribution is 2.21. The molecule has 1 aliphatic heterocycles. The molecule has 0 aliphatic carbocycles. The smallest absolute Gasteiger partial charge is 0.191 e. The lowest BCUT2D eigenvalue weighted by Gasteiger charge is -2.30. The van der Waals surface area contributed by atoms with Crippen molar-refractivity contribution in [3.8, 4) is 0 Å². The van der Waals surface area contributed by atoms with Crippen LogP contribution in [-0.4, -0.2) is 64.0 Å². The van der Waals surface area contributed by atoms with E-state index < -0.39 is 0 Å². The van der Waals surface area contributed by atoms with Crippen molar-refractivity contribution in [1.82, 2.24) is 15.5 Å².